The number of carbonyl (C=O) groups excluding carboxylic acids is 1. The Labute approximate surface area is 196 Å². The van der Waals surface area contributed by atoms with Gasteiger partial charge in [0.1, 0.15) is 0 Å². The summed E-state index contributed by atoms with van der Waals surface area (Å²) in [7, 11) is -3.98. The van der Waals surface area contributed by atoms with Crippen LogP contribution in [0.1, 0.15) is 32.7 Å². The van der Waals surface area contributed by atoms with Crippen LogP contribution in [0.5, 0.6) is 0 Å². The van der Waals surface area contributed by atoms with Crippen LogP contribution in [-0.2, 0) is 16.4 Å². The van der Waals surface area contributed by atoms with Crippen molar-refractivity contribution in [2.24, 2.45) is 0 Å². The molecule has 2 N–H and O–H groups in total. The Balaban J connectivity index is 1.66. The smallest absolute Gasteiger partial charge is 0.265 e. The highest BCUT2D eigenvalue weighted by Crippen LogP contribution is 2.29. The average molecular weight is 487 g/mol. The predicted molar refractivity (Wildman–Crippen MR) is 128 cm³/mol. The van der Waals surface area contributed by atoms with Crippen LogP contribution < -0.4 is 4.72 Å². The van der Waals surface area contributed by atoms with Crippen LogP contribution in [0, 0.1) is 13.8 Å². The molecule has 4 aromatic rings. The van der Waals surface area contributed by atoms with Crippen LogP contribution in [-0.4, -0.2) is 19.3 Å². The van der Waals surface area contributed by atoms with Crippen molar-refractivity contribution >= 4 is 50.0 Å². The fourth-order valence-corrected chi connectivity index (χ4v) is 5.01. The Kier molecular flexibility index (Phi) is 6.03. The van der Waals surface area contributed by atoms with Gasteiger partial charge in [0, 0.05) is 38.6 Å². The van der Waals surface area contributed by atoms with Gasteiger partial charge in [-0.3, -0.25) is 4.79 Å². The highest BCUT2D eigenvalue weighted by atomic mass is 35.5. The summed E-state index contributed by atoms with van der Waals surface area (Å²) < 4.78 is 27.4. The van der Waals surface area contributed by atoms with Crippen molar-refractivity contribution in [1.29, 1.82) is 0 Å². The number of amides is 1. The second-order valence-corrected chi connectivity index (χ2v) is 10.2. The topological polar surface area (TPSA) is 79.0 Å². The number of aromatic nitrogens is 1. The SMILES string of the molecule is Cc1ccc(S(=O)(=O)NC(=O)c2ccc3[nH]c(C)c(Cc4ccc(Cl)cc4Cl)c3c2)cc1. The van der Waals surface area contributed by atoms with Gasteiger partial charge in [0.2, 0.25) is 0 Å². The Bertz CT molecular complexity index is 1440. The highest BCUT2D eigenvalue weighted by molar-refractivity contribution is 7.90. The van der Waals surface area contributed by atoms with Crippen LogP contribution in [0.15, 0.2) is 65.6 Å². The lowest BCUT2D eigenvalue weighted by molar-refractivity contribution is 0.0981. The molecule has 0 saturated heterocycles. The molecule has 0 aliphatic rings. The molecule has 0 atom stereocenters. The van der Waals surface area contributed by atoms with Crippen LogP contribution in [0.25, 0.3) is 10.9 Å². The molecule has 1 aromatic heterocycles. The third kappa shape index (κ3) is 4.53. The molecule has 0 spiro atoms. The van der Waals surface area contributed by atoms with Crippen LogP contribution >= 0.6 is 23.2 Å². The first kappa shape index (κ1) is 22.4. The number of rotatable bonds is 5. The molecular formula is C24H20Cl2N2O3S. The van der Waals surface area contributed by atoms with Gasteiger partial charge in [-0.1, -0.05) is 47.0 Å². The summed E-state index contributed by atoms with van der Waals surface area (Å²) in [4.78, 5) is 16.1. The van der Waals surface area contributed by atoms with Gasteiger partial charge >= 0.3 is 0 Å². The molecule has 1 heterocycles. The van der Waals surface area contributed by atoms with E-state index in [0.717, 1.165) is 33.3 Å². The van der Waals surface area contributed by atoms with Crippen molar-refractivity contribution in [2.45, 2.75) is 25.2 Å². The number of benzene rings is 3. The number of aromatic amines is 1. The van der Waals surface area contributed by atoms with Gasteiger partial charge in [-0.05, 0) is 67.4 Å². The van der Waals surface area contributed by atoms with E-state index in [9.17, 15) is 13.2 Å². The van der Waals surface area contributed by atoms with Gasteiger partial charge in [-0.25, -0.2) is 13.1 Å². The third-order valence-electron chi connectivity index (χ3n) is 5.32. The van der Waals surface area contributed by atoms with Gasteiger partial charge in [0.25, 0.3) is 15.9 Å². The fourth-order valence-electron chi connectivity index (χ4n) is 3.56. The first-order valence-electron chi connectivity index (χ1n) is 9.83. The molecule has 4 rings (SSSR count). The first-order valence-corrected chi connectivity index (χ1v) is 12.1. The molecule has 0 radical (unpaired) electrons. The van der Waals surface area contributed by atoms with Gasteiger partial charge in [0.15, 0.2) is 0 Å². The number of hydrogen-bond donors (Lipinski definition) is 2. The zero-order valence-electron chi connectivity index (χ0n) is 17.4. The first-order chi connectivity index (χ1) is 15.1. The van der Waals surface area contributed by atoms with Crippen LogP contribution in [0.3, 0.4) is 0 Å². The molecule has 1 amide bonds. The minimum absolute atomic E-state index is 0.0353. The lowest BCUT2D eigenvalue weighted by Gasteiger charge is -2.09. The summed E-state index contributed by atoms with van der Waals surface area (Å²) in [5, 5.41) is 1.95. The lowest BCUT2D eigenvalue weighted by Crippen LogP contribution is -2.30. The summed E-state index contributed by atoms with van der Waals surface area (Å²) in [5.41, 5.74) is 4.83. The number of fused-ring (bicyclic) bond motifs is 1. The molecule has 0 saturated carbocycles. The average Bonchev–Trinajstić information content (AvgIpc) is 3.04. The summed E-state index contributed by atoms with van der Waals surface area (Å²) in [6.45, 7) is 3.80. The van der Waals surface area contributed by atoms with Crippen molar-refractivity contribution in [2.75, 3.05) is 0 Å². The van der Waals surface area contributed by atoms with Gasteiger partial charge in [0.05, 0.1) is 4.90 Å². The number of halogens is 2. The summed E-state index contributed by atoms with van der Waals surface area (Å²) in [5.74, 6) is -0.693. The molecule has 8 heteroatoms. The number of aryl methyl sites for hydroxylation is 2. The van der Waals surface area contributed by atoms with E-state index in [4.69, 9.17) is 23.2 Å². The lowest BCUT2D eigenvalue weighted by atomic mass is 10.0. The van der Waals surface area contributed by atoms with Gasteiger partial charge in [-0.2, -0.15) is 0 Å². The van der Waals surface area contributed by atoms with E-state index in [1.165, 1.54) is 12.1 Å². The van der Waals surface area contributed by atoms with Crippen LogP contribution in [0.2, 0.25) is 10.0 Å². The zero-order chi connectivity index (χ0) is 23.0. The quantitative estimate of drug-likeness (QED) is 0.374. The second-order valence-electron chi connectivity index (χ2n) is 7.65. The van der Waals surface area contributed by atoms with E-state index in [1.54, 1.807) is 42.5 Å². The number of sulfonamides is 1. The molecule has 164 valence electrons. The zero-order valence-corrected chi connectivity index (χ0v) is 19.7. The molecule has 3 aromatic carbocycles. The maximum Gasteiger partial charge on any atom is 0.265 e. The summed E-state index contributed by atoms with van der Waals surface area (Å²) in [6.07, 6.45) is 0.536. The third-order valence-corrected chi connectivity index (χ3v) is 7.26. The molecular weight excluding hydrogens is 467 g/mol. The van der Waals surface area contributed by atoms with Crippen LogP contribution in [0.4, 0.5) is 0 Å². The molecule has 0 aliphatic heterocycles. The van der Waals surface area contributed by atoms with E-state index in [-0.39, 0.29) is 10.5 Å². The Morgan fingerprint density at radius 2 is 1.69 bits per heavy atom. The summed E-state index contributed by atoms with van der Waals surface area (Å²) in [6, 6.07) is 16.7. The van der Waals surface area contributed by atoms with E-state index >= 15 is 0 Å². The van der Waals surface area contributed by atoms with Crippen molar-refractivity contribution in [3.05, 3.63) is 98.7 Å². The summed E-state index contributed by atoms with van der Waals surface area (Å²) >= 11 is 12.3. The molecule has 5 nitrogen and oxygen atoms in total. The van der Waals surface area contributed by atoms with E-state index in [0.29, 0.717) is 16.5 Å². The standard InChI is InChI=1S/C24H20Cl2N2O3S/c1-14-3-8-19(9-4-14)32(30,31)28-24(29)17-6-10-23-21(12-17)20(15(2)27-23)11-16-5-7-18(25)13-22(16)26/h3-10,12-13,27H,11H2,1-2H3,(H,28,29). The monoisotopic (exact) mass is 486 g/mol. The Hall–Kier alpha value is -2.80. The van der Waals surface area contributed by atoms with E-state index in [1.807, 2.05) is 19.9 Å². The minimum atomic E-state index is -3.98. The van der Waals surface area contributed by atoms with Crippen molar-refractivity contribution in [3.8, 4) is 0 Å². The minimum Gasteiger partial charge on any atom is -0.358 e. The maximum atomic E-state index is 12.8. The molecule has 0 bridgehead atoms. The normalized spacial score (nSPS) is 11.6. The number of H-pyrrole nitrogens is 1. The predicted octanol–water partition coefficient (Wildman–Crippen LogP) is 5.80. The number of nitrogens with one attached hydrogen (secondary N) is 2. The molecule has 0 fully saturated rings. The van der Waals surface area contributed by atoms with Crippen molar-refractivity contribution < 1.29 is 13.2 Å². The molecule has 0 unspecified atom stereocenters. The molecule has 0 aliphatic carbocycles. The largest absolute Gasteiger partial charge is 0.358 e. The van der Waals surface area contributed by atoms with Crippen molar-refractivity contribution in [1.82, 2.24) is 9.71 Å². The van der Waals surface area contributed by atoms with Gasteiger partial charge in [-0.15, -0.1) is 0 Å². The second kappa shape index (κ2) is 8.62. The van der Waals surface area contributed by atoms with E-state index in [2.05, 4.69) is 9.71 Å². The number of hydrogen-bond acceptors (Lipinski definition) is 3. The Morgan fingerprint density at radius 1 is 0.969 bits per heavy atom. The Morgan fingerprint density at radius 3 is 2.38 bits per heavy atom. The number of carbonyl (C=O) groups is 1. The maximum absolute atomic E-state index is 12.8. The highest BCUT2D eigenvalue weighted by Gasteiger charge is 2.20. The van der Waals surface area contributed by atoms with E-state index < -0.39 is 15.9 Å². The fraction of sp³-hybridized carbons (Fsp3) is 0.125. The molecule has 32 heavy (non-hydrogen) atoms. The van der Waals surface area contributed by atoms with Gasteiger partial charge < -0.3 is 4.98 Å². The van der Waals surface area contributed by atoms with Crippen molar-refractivity contribution in [3.63, 3.8) is 0 Å².